The number of likely N-dealkylation sites (N-methyl/N-ethyl adjacent to an activating group) is 1. The van der Waals surface area contributed by atoms with Crippen molar-refractivity contribution in [2.24, 2.45) is 17.6 Å². The van der Waals surface area contributed by atoms with Gasteiger partial charge in [0.25, 0.3) is 0 Å². The monoisotopic (exact) mass is 226 g/mol. The molecule has 1 amide bonds. The van der Waals surface area contributed by atoms with Crippen LogP contribution in [0.1, 0.15) is 46.5 Å². The minimum atomic E-state index is -0.306. The Kier molecular flexibility index (Phi) is 5.26. The minimum absolute atomic E-state index is 0.142. The predicted octanol–water partition coefficient (Wildman–Crippen LogP) is 2.01. The second-order valence-corrected chi connectivity index (χ2v) is 5.41. The summed E-state index contributed by atoms with van der Waals surface area (Å²) < 4.78 is 0. The fraction of sp³-hybridized carbons (Fsp3) is 0.923. The number of hydrogen-bond donors (Lipinski definition) is 1. The Hall–Kier alpha value is -0.570. The first-order chi connectivity index (χ1) is 7.54. The molecule has 2 N–H and O–H groups in total. The molecule has 1 rings (SSSR count). The Morgan fingerprint density at radius 3 is 2.44 bits per heavy atom. The molecule has 0 aromatic carbocycles. The average molecular weight is 226 g/mol. The lowest BCUT2D eigenvalue weighted by Crippen LogP contribution is -2.46. The van der Waals surface area contributed by atoms with Gasteiger partial charge in [0.15, 0.2) is 0 Å². The summed E-state index contributed by atoms with van der Waals surface area (Å²) in [6.07, 6.45) is 4.68. The van der Waals surface area contributed by atoms with Crippen LogP contribution in [-0.2, 0) is 4.79 Å². The molecule has 0 aromatic heterocycles. The van der Waals surface area contributed by atoms with Crippen molar-refractivity contribution in [2.75, 3.05) is 13.1 Å². The summed E-state index contributed by atoms with van der Waals surface area (Å²) in [6, 6.07) is -0.306. The van der Waals surface area contributed by atoms with Gasteiger partial charge in [0.1, 0.15) is 0 Å². The highest BCUT2D eigenvalue weighted by molar-refractivity contribution is 5.81. The van der Waals surface area contributed by atoms with E-state index in [9.17, 15) is 4.79 Å². The Bertz CT molecular complexity index is 224. The second kappa shape index (κ2) is 6.24. The zero-order valence-electron chi connectivity index (χ0n) is 10.9. The number of hydrogen-bond acceptors (Lipinski definition) is 2. The molecule has 94 valence electrons. The number of rotatable bonds is 6. The van der Waals surface area contributed by atoms with E-state index in [0.717, 1.165) is 25.4 Å². The zero-order chi connectivity index (χ0) is 12.1. The van der Waals surface area contributed by atoms with Crippen LogP contribution in [0.3, 0.4) is 0 Å². The fourth-order valence-electron chi connectivity index (χ4n) is 2.21. The molecule has 0 aliphatic heterocycles. The van der Waals surface area contributed by atoms with E-state index in [0.29, 0.717) is 5.92 Å². The van der Waals surface area contributed by atoms with Gasteiger partial charge in [-0.15, -0.1) is 0 Å². The van der Waals surface area contributed by atoms with Gasteiger partial charge in [-0.25, -0.2) is 0 Å². The average Bonchev–Trinajstić information content (AvgIpc) is 2.14. The van der Waals surface area contributed by atoms with Gasteiger partial charge in [-0.3, -0.25) is 4.79 Å². The summed E-state index contributed by atoms with van der Waals surface area (Å²) in [4.78, 5) is 14.0. The van der Waals surface area contributed by atoms with Crippen LogP contribution < -0.4 is 5.73 Å². The smallest absolute Gasteiger partial charge is 0.239 e. The maximum atomic E-state index is 12.1. The van der Waals surface area contributed by atoms with Gasteiger partial charge in [0, 0.05) is 13.1 Å². The van der Waals surface area contributed by atoms with Crippen LogP contribution in [0.4, 0.5) is 0 Å². The van der Waals surface area contributed by atoms with E-state index in [4.69, 9.17) is 5.73 Å². The lowest BCUT2D eigenvalue weighted by atomic mass is 9.85. The molecular formula is C13H26N2O. The van der Waals surface area contributed by atoms with Crippen molar-refractivity contribution < 1.29 is 4.79 Å². The molecule has 16 heavy (non-hydrogen) atoms. The lowest BCUT2D eigenvalue weighted by molar-refractivity contribution is -0.133. The third-order valence-corrected chi connectivity index (χ3v) is 3.44. The van der Waals surface area contributed by atoms with Crippen LogP contribution in [0, 0.1) is 11.8 Å². The normalized spacial score (nSPS) is 18.3. The molecule has 0 unspecified atom stereocenters. The summed E-state index contributed by atoms with van der Waals surface area (Å²) in [5.41, 5.74) is 5.94. The van der Waals surface area contributed by atoms with Crippen molar-refractivity contribution in [3.8, 4) is 0 Å². The third-order valence-electron chi connectivity index (χ3n) is 3.44. The largest absolute Gasteiger partial charge is 0.341 e. The van der Waals surface area contributed by atoms with Crippen molar-refractivity contribution >= 4 is 5.91 Å². The van der Waals surface area contributed by atoms with E-state index in [-0.39, 0.29) is 11.9 Å². The van der Waals surface area contributed by atoms with Gasteiger partial charge < -0.3 is 10.6 Å². The van der Waals surface area contributed by atoms with Crippen molar-refractivity contribution in [3.05, 3.63) is 0 Å². The number of nitrogens with zero attached hydrogens (tertiary/aromatic N) is 1. The first kappa shape index (κ1) is 13.5. The number of carbonyl (C=O) groups excluding carboxylic acids is 1. The van der Waals surface area contributed by atoms with Gasteiger partial charge in [-0.1, -0.05) is 20.3 Å². The van der Waals surface area contributed by atoms with Crippen LogP contribution in [0.2, 0.25) is 0 Å². The van der Waals surface area contributed by atoms with Gasteiger partial charge in [0.2, 0.25) is 5.91 Å². The molecule has 0 aromatic rings. The van der Waals surface area contributed by atoms with Crippen molar-refractivity contribution in [3.63, 3.8) is 0 Å². The molecule has 0 heterocycles. The summed E-state index contributed by atoms with van der Waals surface area (Å²) in [6.45, 7) is 7.96. The molecule has 1 fully saturated rings. The Morgan fingerprint density at radius 1 is 1.44 bits per heavy atom. The zero-order valence-corrected chi connectivity index (χ0v) is 10.9. The van der Waals surface area contributed by atoms with Gasteiger partial charge in [-0.2, -0.15) is 0 Å². The van der Waals surface area contributed by atoms with E-state index in [2.05, 4.69) is 13.8 Å². The third kappa shape index (κ3) is 3.78. The summed E-state index contributed by atoms with van der Waals surface area (Å²) in [7, 11) is 0. The molecule has 1 aliphatic rings. The van der Waals surface area contributed by atoms with Gasteiger partial charge >= 0.3 is 0 Å². The maximum Gasteiger partial charge on any atom is 0.239 e. The lowest BCUT2D eigenvalue weighted by Gasteiger charge is -2.33. The topological polar surface area (TPSA) is 46.3 Å². The summed E-state index contributed by atoms with van der Waals surface area (Å²) >= 11 is 0. The highest BCUT2D eigenvalue weighted by atomic mass is 16.2. The molecule has 1 saturated carbocycles. The van der Waals surface area contributed by atoms with Crippen molar-refractivity contribution in [1.82, 2.24) is 4.90 Å². The van der Waals surface area contributed by atoms with E-state index < -0.39 is 0 Å². The second-order valence-electron chi connectivity index (χ2n) is 5.41. The number of carbonyl (C=O) groups is 1. The van der Waals surface area contributed by atoms with Crippen LogP contribution >= 0.6 is 0 Å². The molecule has 3 nitrogen and oxygen atoms in total. The number of amides is 1. The molecule has 1 aliphatic carbocycles. The first-order valence-electron chi connectivity index (χ1n) is 6.59. The highest BCUT2D eigenvalue weighted by Crippen LogP contribution is 2.27. The van der Waals surface area contributed by atoms with Crippen LogP contribution in [-0.4, -0.2) is 29.9 Å². The Balaban J connectivity index is 2.40. The highest BCUT2D eigenvalue weighted by Gasteiger charge is 2.25. The quantitative estimate of drug-likeness (QED) is 0.753. The van der Waals surface area contributed by atoms with Crippen LogP contribution in [0.15, 0.2) is 0 Å². The van der Waals surface area contributed by atoms with Crippen LogP contribution in [0.5, 0.6) is 0 Å². The predicted molar refractivity (Wildman–Crippen MR) is 67.0 cm³/mol. The SMILES string of the molecule is CCN(CC1CCC1)C(=O)[C@H](N)CC(C)C. The Morgan fingerprint density at radius 2 is 2.06 bits per heavy atom. The molecule has 0 radical (unpaired) electrons. The fourth-order valence-corrected chi connectivity index (χ4v) is 2.21. The molecule has 0 bridgehead atoms. The molecule has 3 heteroatoms. The van der Waals surface area contributed by atoms with E-state index in [1.165, 1.54) is 19.3 Å². The molecule has 0 saturated heterocycles. The number of nitrogens with two attached hydrogens (primary N) is 1. The van der Waals surface area contributed by atoms with E-state index in [1.54, 1.807) is 0 Å². The first-order valence-corrected chi connectivity index (χ1v) is 6.59. The van der Waals surface area contributed by atoms with Crippen molar-refractivity contribution in [1.29, 1.82) is 0 Å². The van der Waals surface area contributed by atoms with Crippen molar-refractivity contribution in [2.45, 2.75) is 52.5 Å². The van der Waals surface area contributed by atoms with Gasteiger partial charge in [-0.05, 0) is 38.0 Å². The van der Waals surface area contributed by atoms with E-state index in [1.807, 2.05) is 11.8 Å². The Labute approximate surface area is 99.4 Å². The molecule has 1 atom stereocenters. The van der Waals surface area contributed by atoms with Crippen LogP contribution in [0.25, 0.3) is 0 Å². The summed E-state index contributed by atoms with van der Waals surface area (Å²) in [5, 5.41) is 0. The summed E-state index contributed by atoms with van der Waals surface area (Å²) in [5.74, 6) is 1.36. The minimum Gasteiger partial charge on any atom is -0.341 e. The molecular weight excluding hydrogens is 200 g/mol. The van der Waals surface area contributed by atoms with Gasteiger partial charge in [0.05, 0.1) is 6.04 Å². The standard InChI is InChI=1S/C13H26N2O/c1-4-15(9-11-6-5-7-11)13(16)12(14)8-10(2)3/h10-12H,4-9,14H2,1-3H3/t12-/m1/s1. The maximum absolute atomic E-state index is 12.1. The van der Waals surface area contributed by atoms with E-state index >= 15 is 0 Å². The molecule has 0 spiro atoms.